The largest absolute Gasteiger partial charge is 0.456 e. The Balaban J connectivity index is 1.66. The van der Waals surface area contributed by atoms with E-state index in [1.54, 1.807) is 0 Å². The number of hydrogen-bond acceptors (Lipinski definition) is 7. The maximum Gasteiger partial charge on any atom is 0.433 e. The fraction of sp³-hybridized carbons (Fsp3) is 0.176. The zero-order valence-electron chi connectivity index (χ0n) is 14.2. The number of hydrogen-bond donors (Lipinski definition) is 0. The lowest BCUT2D eigenvalue weighted by Crippen LogP contribution is -2.10. The van der Waals surface area contributed by atoms with Gasteiger partial charge < -0.3 is 9.47 Å². The number of carbonyl (C=O) groups excluding carboxylic acids is 1. The van der Waals surface area contributed by atoms with E-state index in [0.29, 0.717) is 15.4 Å². The Kier molecular flexibility index (Phi) is 5.80. The number of benzene rings is 1. The highest BCUT2D eigenvalue weighted by Crippen LogP contribution is 2.30. The third kappa shape index (κ3) is 5.17. The molecule has 0 amide bonds. The summed E-state index contributed by atoms with van der Waals surface area (Å²) in [6.07, 6.45) is -3.10. The van der Waals surface area contributed by atoms with E-state index in [1.165, 1.54) is 48.7 Å². The second-order valence-corrected chi connectivity index (χ2v) is 7.12. The van der Waals surface area contributed by atoms with Gasteiger partial charge in [0.25, 0.3) is 0 Å². The van der Waals surface area contributed by atoms with Gasteiger partial charge in [-0.3, -0.25) is 0 Å². The number of carbonyl (C=O) groups is 1. The van der Waals surface area contributed by atoms with Crippen LogP contribution in [0.4, 0.5) is 13.2 Å². The van der Waals surface area contributed by atoms with E-state index in [0.717, 1.165) is 0 Å². The molecule has 0 aliphatic heterocycles. The van der Waals surface area contributed by atoms with Crippen molar-refractivity contribution in [3.63, 3.8) is 0 Å². The fourth-order valence-corrected chi connectivity index (χ4v) is 2.98. The summed E-state index contributed by atoms with van der Waals surface area (Å²) in [5.74, 6) is -0.698. The average Bonchev–Trinajstić information content (AvgIpc) is 3.04. The first kappa shape index (κ1) is 20.0. The average molecular weight is 430 g/mol. The van der Waals surface area contributed by atoms with Crippen LogP contribution in [0, 0.1) is 6.92 Å². The van der Waals surface area contributed by atoms with E-state index in [9.17, 15) is 18.0 Å². The zero-order chi connectivity index (χ0) is 20.3. The molecular formula is C17H11ClF3N3O3S. The number of aryl methyl sites for hydroxylation is 1. The standard InChI is InChI=1S/C17H11ClF3N3O3S/c1-9-23-13(17(19,20)21)6-14(24-9)27-11-4-2-10(3-5-11)15(25)26-8-12-7-22-16(18)28-12/h2-7H,8H2,1H3. The minimum absolute atomic E-state index is 0.0297. The number of alkyl halides is 3. The molecule has 2 aromatic heterocycles. The van der Waals surface area contributed by atoms with Crippen LogP contribution in [-0.4, -0.2) is 20.9 Å². The van der Waals surface area contributed by atoms with Crippen LogP contribution < -0.4 is 4.74 Å². The van der Waals surface area contributed by atoms with Gasteiger partial charge in [-0.1, -0.05) is 11.6 Å². The van der Waals surface area contributed by atoms with Crippen molar-refractivity contribution in [1.82, 2.24) is 15.0 Å². The number of aromatic nitrogens is 3. The Hall–Kier alpha value is -2.72. The molecule has 146 valence electrons. The minimum atomic E-state index is -4.61. The first-order chi connectivity index (χ1) is 13.2. The summed E-state index contributed by atoms with van der Waals surface area (Å²) in [5, 5.41) is 0. The first-order valence-electron chi connectivity index (χ1n) is 7.69. The van der Waals surface area contributed by atoms with Crippen molar-refractivity contribution in [3.05, 3.63) is 63.0 Å². The number of halogens is 4. The monoisotopic (exact) mass is 429 g/mol. The summed E-state index contributed by atoms with van der Waals surface area (Å²) in [6.45, 7) is 1.36. The molecule has 2 heterocycles. The molecule has 0 spiro atoms. The molecule has 0 bridgehead atoms. The second kappa shape index (κ2) is 8.11. The van der Waals surface area contributed by atoms with Crippen LogP contribution in [-0.2, 0) is 17.5 Å². The highest BCUT2D eigenvalue weighted by Gasteiger charge is 2.33. The molecule has 0 aliphatic rings. The predicted octanol–water partition coefficient (Wildman–Crippen LogP) is 5.06. The number of nitrogens with zero attached hydrogens (tertiary/aromatic N) is 3. The minimum Gasteiger partial charge on any atom is -0.456 e. The molecule has 0 unspecified atom stereocenters. The molecule has 11 heteroatoms. The van der Waals surface area contributed by atoms with Gasteiger partial charge in [0.15, 0.2) is 10.2 Å². The van der Waals surface area contributed by atoms with Crippen LogP contribution in [0.5, 0.6) is 11.6 Å². The van der Waals surface area contributed by atoms with Crippen molar-refractivity contribution >= 4 is 28.9 Å². The van der Waals surface area contributed by atoms with E-state index in [1.807, 2.05) is 0 Å². The van der Waals surface area contributed by atoms with Crippen molar-refractivity contribution in [3.8, 4) is 11.6 Å². The smallest absolute Gasteiger partial charge is 0.433 e. The van der Waals surface area contributed by atoms with Crippen molar-refractivity contribution in [1.29, 1.82) is 0 Å². The van der Waals surface area contributed by atoms with Crippen molar-refractivity contribution in [2.24, 2.45) is 0 Å². The molecule has 1 aromatic carbocycles. The Morgan fingerprint density at radius 1 is 1.21 bits per heavy atom. The van der Waals surface area contributed by atoms with Crippen molar-refractivity contribution in [2.75, 3.05) is 0 Å². The van der Waals surface area contributed by atoms with Crippen LogP contribution in [0.15, 0.2) is 36.5 Å². The van der Waals surface area contributed by atoms with E-state index in [4.69, 9.17) is 21.1 Å². The van der Waals surface area contributed by atoms with Gasteiger partial charge in [0.05, 0.1) is 10.4 Å². The Morgan fingerprint density at radius 3 is 2.54 bits per heavy atom. The van der Waals surface area contributed by atoms with Crippen molar-refractivity contribution < 1.29 is 27.4 Å². The van der Waals surface area contributed by atoms with E-state index in [-0.39, 0.29) is 29.6 Å². The van der Waals surface area contributed by atoms with Crippen LogP contribution in [0.25, 0.3) is 0 Å². The number of thiazole rings is 1. The summed E-state index contributed by atoms with van der Waals surface area (Å²) in [6, 6.07) is 6.40. The Bertz CT molecular complexity index is 993. The molecule has 0 fully saturated rings. The molecule has 0 saturated carbocycles. The molecule has 0 aliphatic carbocycles. The maximum atomic E-state index is 12.8. The third-order valence-corrected chi connectivity index (χ3v) is 4.38. The SMILES string of the molecule is Cc1nc(Oc2ccc(C(=O)OCc3cnc(Cl)s3)cc2)cc(C(F)(F)F)n1. The van der Waals surface area contributed by atoms with E-state index >= 15 is 0 Å². The topological polar surface area (TPSA) is 74.2 Å². The van der Waals surface area contributed by atoms with Crippen LogP contribution in [0.3, 0.4) is 0 Å². The van der Waals surface area contributed by atoms with Gasteiger partial charge in [-0.25, -0.2) is 14.8 Å². The number of rotatable bonds is 5. The quantitative estimate of drug-likeness (QED) is 0.527. The lowest BCUT2D eigenvalue weighted by molar-refractivity contribution is -0.141. The molecule has 0 atom stereocenters. The summed E-state index contributed by atoms with van der Waals surface area (Å²) in [4.78, 5) is 23.7. The molecule has 0 radical (unpaired) electrons. The molecule has 3 aromatic rings. The third-order valence-electron chi connectivity index (χ3n) is 3.29. The molecular weight excluding hydrogens is 419 g/mol. The fourth-order valence-electron chi connectivity index (χ4n) is 2.09. The van der Waals surface area contributed by atoms with Gasteiger partial charge >= 0.3 is 12.1 Å². The van der Waals surface area contributed by atoms with Gasteiger partial charge in [-0.05, 0) is 31.2 Å². The highest BCUT2D eigenvalue weighted by atomic mass is 35.5. The Labute approximate surface area is 165 Å². The Morgan fingerprint density at radius 2 is 1.93 bits per heavy atom. The van der Waals surface area contributed by atoms with Gasteiger partial charge in [0.2, 0.25) is 5.88 Å². The number of esters is 1. The van der Waals surface area contributed by atoms with E-state index < -0.39 is 17.8 Å². The van der Waals surface area contributed by atoms with Gasteiger partial charge in [-0.2, -0.15) is 18.2 Å². The number of ether oxygens (including phenoxy) is 2. The molecule has 0 saturated heterocycles. The summed E-state index contributed by atoms with van der Waals surface area (Å²) in [7, 11) is 0. The predicted molar refractivity (Wildman–Crippen MR) is 94.5 cm³/mol. The van der Waals surface area contributed by atoms with Crippen LogP contribution in [0.1, 0.15) is 26.8 Å². The van der Waals surface area contributed by atoms with Crippen molar-refractivity contribution in [2.45, 2.75) is 19.7 Å². The molecule has 6 nitrogen and oxygen atoms in total. The lowest BCUT2D eigenvalue weighted by atomic mass is 10.2. The molecule has 0 N–H and O–H groups in total. The summed E-state index contributed by atoms with van der Waals surface area (Å²) < 4.78 is 49.3. The van der Waals surface area contributed by atoms with Gasteiger partial charge in [0, 0.05) is 12.3 Å². The van der Waals surface area contributed by atoms with Crippen LogP contribution >= 0.6 is 22.9 Å². The summed E-state index contributed by atoms with van der Waals surface area (Å²) >= 11 is 6.90. The van der Waals surface area contributed by atoms with Gasteiger partial charge in [0.1, 0.15) is 18.2 Å². The highest BCUT2D eigenvalue weighted by molar-refractivity contribution is 7.15. The van der Waals surface area contributed by atoms with Crippen LogP contribution in [0.2, 0.25) is 4.47 Å². The maximum absolute atomic E-state index is 12.8. The van der Waals surface area contributed by atoms with Gasteiger partial charge in [-0.15, -0.1) is 11.3 Å². The normalized spacial score (nSPS) is 11.3. The summed E-state index contributed by atoms with van der Waals surface area (Å²) in [5.41, 5.74) is -0.851. The molecule has 28 heavy (non-hydrogen) atoms. The second-order valence-electron chi connectivity index (χ2n) is 5.42. The van der Waals surface area contributed by atoms with E-state index in [2.05, 4.69) is 15.0 Å². The zero-order valence-corrected chi connectivity index (χ0v) is 15.7. The first-order valence-corrected chi connectivity index (χ1v) is 8.88. The lowest BCUT2D eigenvalue weighted by Gasteiger charge is -2.10. The molecule has 3 rings (SSSR count).